The van der Waals surface area contributed by atoms with Gasteiger partial charge in [0.05, 0.1) is 5.69 Å². The van der Waals surface area contributed by atoms with Crippen LogP contribution in [0.25, 0.3) is 6.08 Å². The van der Waals surface area contributed by atoms with Crippen LogP contribution in [0.4, 0.5) is 16.2 Å². The summed E-state index contributed by atoms with van der Waals surface area (Å²) < 4.78 is 0. The highest BCUT2D eigenvalue weighted by molar-refractivity contribution is 6.40. The van der Waals surface area contributed by atoms with E-state index in [4.69, 9.17) is 11.6 Å². The summed E-state index contributed by atoms with van der Waals surface area (Å²) in [4.78, 5) is 41.9. The van der Waals surface area contributed by atoms with Crippen molar-refractivity contribution in [3.8, 4) is 0 Å². The van der Waals surface area contributed by atoms with Crippen molar-refractivity contribution >= 4 is 46.9 Å². The minimum Gasteiger partial charge on any atom is -0.366 e. The second-order valence-corrected chi connectivity index (χ2v) is 10.3. The van der Waals surface area contributed by atoms with Gasteiger partial charge in [0.2, 0.25) is 0 Å². The number of fused-ring (bicyclic) bond motifs is 1. The molecule has 2 aliphatic rings. The number of halogens is 1. The van der Waals surface area contributed by atoms with Crippen LogP contribution in [0, 0.1) is 13.8 Å². The lowest BCUT2D eigenvalue weighted by Gasteiger charge is -2.47. The van der Waals surface area contributed by atoms with Crippen LogP contribution in [0.5, 0.6) is 0 Å². The third-order valence-corrected chi connectivity index (χ3v) is 7.01. The molecule has 1 N–H and O–H groups in total. The lowest BCUT2D eigenvalue weighted by Crippen LogP contribution is -2.54. The SMILES string of the molecule is CCN1c2cc(Cl)c(/C=C3/C(=O)NC(=O)N(c4cc(C)cc(C)c4)C3=O)cc2C(C)CC1(C)C. The number of barbiturate groups is 1. The zero-order valence-electron chi connectivity index (χ0n) is 20.5. The van der Waals surface area contributed by atoms with Gasteiger partial charge in [-0.25, -0.2) is 9.69 Å². The first-order valence-corrected chi connectivity index (χ1v) is 11.9. The van der Waals surface area contributed by atoms with E-state index in [0.717, 1.165) is 40.2 Å². The maximum Gasteiger partial charge on any atom is 0.335 e. The van der Waals surface area contributed by atoms with Crippen molar-refractivity contribution in [3.63, 3.8) is 0 Å². The van der Waals surface area contributed by atoms with Crippen LogP contribution in [-0.2, 0) is 9.59 Å². The molecule has 0 spiro atoms. The van der Waals surface area contributed by atoms with E-state index >= 15 is 0 Å². The average Bonchev–Trinajstić information content (AvgIpc) is 2.70. The molecule has 0 radical (unpaired) electrons. The van der Waals surface area contributed by atoms with Gasteiger partial charge in [-0.05, 0) is 99.6 Å². The summed E-state index contributed by atoms with van der Waals surface area (Å²) in [5.41, 5.74) is 4.89. The number of aryl methyl sites for hydroxylation is 2. The standard InChI is InChI=1S/C27H30ClN3O3/c1-7-30-23-13-22(28)18(11-20(23)17(4)14-27(30,5)6)12-21-24(32)29-26(34)31(25(21)33)19-9-15(2)8-16(3)10-19/h8-13,17H,7,14H2,1-6H3,(H,29,32,34)/b21-12-. The molecule has 1 unspecified atom stereocenters. The van der Waals surface area contributed by atoms with E-state index in [1.54, 1.807) is 12.1 Å². The lowest BCUT2D eigenvalue weighted by atomic mass is 9.79. The van der Waals surface area contributed by atoms with Gasteiger partial charge in [0.1, 0.15) is 5.57 Å². The van der Waals surface area contributed by atoms with Gasteiger partial charge < -0.3 is 4.90 Å². The highest BCUT2D eigenvalue weighted by Gasteiger charge is 2.38. The van der Waals surface area contributed by atoms with Crippen LogP contribution in [0.1, 0.15) is 62.3 Å². The van der Waals surface area contributed by atoms with Gasteiger partial charge in [-0.2, -0.15) is 0 Å². The molecule has 1 atom stereocenters. The fraction of sp³-hybridized carbons (Fsp3) is 0.370. The van der Waals surface area contributed by atoms with Crippen LogP contribution in [0.15, 0.2) is 35.9 Å². The lowest BCUT2D eigenvalue weighted by molar-refractivity contribution is -0.122. The fourth-order valence-corrected chi connectivity index (χ4v) is 5.57. The third kappa shape index (κ3) is 4.11. The van der Waals surface area contributed by atoms with Crippen molar-refractivity contribution in [1.82, 2.24) is 5.32 Å². The summed E-state index contributed by atoms with van der Waals surface area (Å²) in [5.74, 6) is -1.11. The predicted octanol–water partition coefficient (Wildman–Crippen LogP) is 5.74. The van der Waals surface area contributed by atoms with E-state index in [1.165, 1.54) is 6.08 Å². The highest BCUT2D eigenvalue weighted by Crippen LogP contribution is 2.45. The number of hydrogen-bond acceptors (Lipinski definition) is 4. The Kier molecular flexibility index (Phi) is 6.06. The summed E-state index contributed by atoms with van der Waals surface area (Å²) in [6.07, 6.45) is 2.46. The second kappa shape index (κ2) is 8.58. The smallest absolute Gasteiger partial charge is 0.335 e. The molecule has 0 bridgehead atoms. The number of carbonyl (C=O) groups is 3. The Labute approximate surface area is 205 Å². The number of imide groups is 2. The van der Waals surface area contributed by atoms with Crippen LogP contribution in [0.3, 0.4) is 0 Å². The number of nitrogens with zero attached hydrogens (tertiary/aromatic N) is 2. The van der Waals surface area contributed by atoms with Crippen LogP contribution in [0.2, 0.25) is 5.02 Å². The Hall–Kier alpha value is -3.12. The fourth-order valence-electron chi connectivity index (χ4n) is 5.36. The zero-order valence-corrected chi connectivity index (χ0v) is 21.2. The minimum absolute atomic E-state index is 0.00347. The molecule has 0 aromatic heterocycles. The Morgan fingerprint density at radius 1 is 1.09 bits per heavy atom. The van der Waals surface area contributed by atoms with E-state index in [0.29, 0.717) is 16.3 Å². The Balaban J connectivity index is 1.79. The number of nitrogens with one attached hydrogen (secondary N) is 1. The van der Waals surface area contributed by atoms with Gasteiger partial charge in [0.25, 0.3) is 11.8 Å². The summed E-state index contributed by atoms with van der Waals surface area (Å²) in [7, 11) is 0. The highest BCUT2D eigenvalue weighted by atomic mass is 35.5. The molecule has 34 heavy (non-hydrogen) atoms. The van der Waals surface area contributed by atoms with Crippen molar-refractivity contribution in [1.29, 1.82) is 0 Å². The number of amides is 4. The molecule has 1 saturated heterocycles. The zero-order chi connectivity index (χ0) is 24.9. The second-order valence-electron chi connectivity index (χ2n) is 9.90. The molecule has 2 heterocycles. The summed E-state index contributed by atoms with van der Waals surface area (Å²) in [6.45, 7) is 13.4. The molecule has 178 valence electrons. The largest absolute Gasteiger partial charge is 0.366 e. The molecule has 2 aliphatic heterocycles. The molecule has 0 aliphatic carbocycles. The Morgan fingerprint density at radius 3 is 2.35 bits per heavy atom. The van der Waals surface area contributed by atoms with Crippen LogP contribution >= 0.6 is 11.6 Å². The van der Waals surface area contributed by atoms with Crippen molar-refractivity contribution < 1.29 is 14.4 Å². The summed E-state index contributed by atoms with van der Waals surface area (Å²) >= 11 is 6.67. The molecule has 4 amide bonds. The van der Waals surface area contributed by atoms with Gasteiger partial charge in [0.15, 0.2) is 0 Å². The number of hydrogen-bond donors (Lipinski definition) is 1. The van der Waals surface area contributed by atoms with Gasteiger partial charge in [-0.3, -0.25) is 14.9 Å². The van der Waals surface area contributed by atoms with Gasteiger partial charge >= 0.3 is 6.03 Å². The molecule has 4 rings (SSSR count). The van der Waals surface area contributed by atoms with Crippen molar-refractivity contribution in [2.45, 2.75) is 59.4 Å². The molecule has 2 aromatic rings. The molecule has 7 heteroatoms. The van der Waals surface area contributed by atoms with E-state index in [-0.39, 0.29) is 17.0 Å². The molecule has 6 nitrogen and oxygen atoms in total. The average molecular weight is 480 g/mol. The van der Waals surface area contributed by atoms with E-state index in [2.05, 4.69) is 37.9 Å². The first-order valence-electron chi connectivity index (χ1n) is 11.5. The Morgan fingerprint density at radius 2 is 1.74 bits per heavy atom. The van der Waals surface area contributed by atoms with E-state index < -0.39 is 17.8 Å². The minimum atomic E-state index is -0.761. The van der Waals surface area contributed by atoms with E-state index in [9.17, 15) is 14.4 Å². The van der Waals surface area contributed by atoms with Crippen molar-refractivity contribution in [2.24, 2.45) is 0 Å². The number of urea groups is 1. The third-order valence-electron chi connectivity index (χ3n) is 6.69. The van der Waals surface area contributed by atoms with Crippen molar-refractivity contribution in [3.05, 3.63) is 63.2 Å². The maximum atomic E-state index is 13.3. The first-order chi connectivity index (χ1) is 15.9. The number of anilines is 2. The van der Waals surface area contributed by atoms with Gasteiger partial charge in [-0.15, -0.1) is 0 Å². The molecular weight excluding hydrogens is 450 g/mol. The van der Waals surface area contributed by atoms with Crippen molar-refractivity contribution in [2.75, 3.05) is 16.3 Å². The predicted molar refractivity (Wildman–Crippen MR) is 137 cm³/mol. The molecular formula is C27H30ClN3O3. The normalized spacial score (nSPS) is 21.1. The van der Waals surface area contributed by atoms with Gasteiger partial charge in [-0.1, -0.05) is 24.6 Å². The quantitative estimate of drug-likeness (QED) is 0.450. The maximum absolute atomic E-state index is 13.3. The first kappa shape index (κ1) is 24.0. The van der Waals surface area contributed by atoms with Crippen LogP contribution in [-0.4, -0.2) is 29.9 Å². The molecule has 0 saturated carbocycles. The monoisotopic (exact) mass is 479 g/mol. The van der Waals surface area contributed by atoms with Crippen LogP contribution < -0.4 is 15.1 Å². The summed E-state index contributed by atoms with van der Waals surface area (Å²) in [6, 6.07) is 8.56. The topological polar surface area (TPSA) is 69.7 Å². The Bertz CT molecular complexity index is 1230. The summed E-state index contributed by atoms with van der Waals surface area (Å²) in [5, 5.41) is 2.74. The van der Waals surface area contributed by atoms with Gasteiger partial charge in [0, 0.05) is 22.8 Å². The molecule has 1 fully saturated rings. The number of carbonyl (C=O) groups excluding carboxylic acids is 3. The number of rotatable bonds is 3. The number of benzene rings is 2. The molecule has 2 aromatic carbocycles. The van der Waals surface area contributed by atoms with E-state index in [1.807, 2.05) is 32.0 Å².